The molecule has 32 heavy (non-hydrogen) atoms. The quantitative estimate of drug-likeness (QED) is 0.360. The van der Waals surface area contributed by atoms with Crippen LogP contribution in [-0.2, 0) is 19.6 Å². The number of imidazole rings is 2. The number of H-pyrrole nitrogens is 2. The fourth-order valence-corrected chi connectivity index (χ4v) is 3.78. The Balaban J connectivity index is 1.53. The molecule has 0 unspecified atom stereocenters. The van der Waals surface area contributed by atoms with Crippen LogP contribution < -0.4 is 5.32 Å². The molecule has 3 aromatic rings. The van der Waals surface area contributed by atoms with Crippen LogP contribution >= 0.6 is 0 Å². The van der Waals surface area contributed by atoms with Crippen molar-refractivity contribution in [3.05, 3.63) is 71.8 Å². The molecule has 1 aromatic carbocycles. The van der Waals surface area contributed by atoms with Crippen LogP contribution in [0.25, 0.3) is 0 Å². The molecule has 8 nitrogen and oxygen atoms in total. The van der Waals surface area contributed by atoms with E-state index < -0.39 is 0 Å². The van der Waals surface area contributed by atoms with E-state index in [-0.39, 0.29) is 5.91 Å². The van der Waals surface area contributed by atoms with Gasteiger partial charge in [-0.15, -0.1) is 0 Å². The summed E-state index contributed by atoms with van der Waals surface area (Å²) in [6.45, 7) is 10.2. The third-order valence-corrected chi connectivity index (χ3v) is 5.27. The smallest absolute Gasteiger partial charge is 0.251 e. The lowest BCUT2D eigenvalue weighted by Gasteiger charge is -2.21. The fraction of sp³-hybridized carbons (Fsp3) is 0.458. The lowest BCUT2D eigenvalue weighted by Crippen LogP contribution is -2.35. The molecule has 0 aliphatic heterocycles. The molecule has 1 amide bonds. The van der Waals surface area contributed by atoms with E-state index in [2.05, 4.69) is 48.9 Å². The highest BCUT2D eigenvalue weighted by Gasteiger charge is 2.12. The van der Waals surface area contributed by atoms with Crippen molar-refractivity contribution in [1.29, 1.82) is 0 Å². The number of nitrogens with one attached hydrogen (secondary N) is 3. The van der Waals surface area contributed by atoms with E-state index in [0.29, 0.717) is 25.2 Å². The maximum atomic E-state index is 12.5. The molecule has 2 heterocycles. The van der Waals surface area contributed by atoms with Gasteiger partial charge in [-0.2, -0.15) is 0 Å². The number of hydrogen-bond donors (Lipinski definition) is 3. The molecule has 0 spiro atoms. The van der Waals surface area contributed by atoms with Crippen molar-refractivity contribution in [3.8, 4) is 0 Å². The topological polar surface area (TPSA) is 92.9 Å². The lowest BCUT2D eigenvalue weighted by molar-refractivity contribution is 0.0948. The number of hydrogen-bond acceptors (Lipinski definition) is 5. The molecule has 2 aromatic heterocycles. The molecule has 0 bridgehead atoms. The van der Waals surface area contributed by atoms with E-state index in [0.717, 1.165) is 56.2 Å². The molecule has 0 aliphatic rings. The highest BCUT2D eigenvalue weighted by Crippen LogP contribution is 2.12. The summed E-state index contributed by atoms with van der Waals surface area (Å²) in [5.74, 6) is 1.80. The second-order valence-corrected chi connectivity index (χ2v) is 8.01. The number of benzene rings is 1. The third-order valence-electron chi connectivity index (χ3n) is 5.27. The number of rotatable bonds is 14. The first-order chi connectivity index (χ1) is 15.7. The molecule has 0 atom stereocenters. The van der Waals surface area contributed by atoms with Crippen LogP contribution in [0.3, 0.4) is 0 Å². The molecular formula is C24H35N7O. The maximum absolute atomic E-state index is 12.5. The van der Waals surface area contributed by atoms with Gasteiger partial charge in [0.1, 0.15) is 11.6 Å². The van der Waals surface area contributed by atoms with Crippen molar-refractivity contribution >= 4 is 5.91 Å². The van der Waals surface area contributed by atoms with Crippen molar-refractivity contribution in [3.63, 3.8) is 0 Å². The Bertz CT molecular complexity index is 849. The Morgan fingerprint density at radius 1 is 0.844 bits per heavy atom. The van der Waals surface area contributed by atoms with E-state index in [9.17, 15) is 4.79 Å². The number of nitrogens with zero attached hydrogens (tertiary/aromatic N) is 4. The Kier molecular flexibility index (Phi) is 9.46. The number of aromatic nitrogens is 4. The van der Waals surface area contributed by atoms with Gasteiger partial charge in [-0.1, -0.05) is 26.0 Å². The standard InChI is InChI=1S/C24H35N7O/c1-3-14-30(15-4-2)16-13-29-24(32)21-7-5-20(6-8-21)17-31(18-22-25-9-10-26-22)19-23-27-11-12-28-23/h5-12H,3-4,13-19H2,1-2H3,(H,25,26)(H,27,28)(H,29,32). The first-order valence-electron chi connectivity index (χ1n) is 11.5. The molecule has 0 fully saturated rings. The zero-order valence-electron chi connectivity index (χ0n) is 19.2. The van der Waals surface area contributed by atoms with Crippen LogP contribution in [0.2, 0.25) is 0 Å². The molecule has 3 N–H and O–H groups in total. The monoisotopic (exact) mass is 437 g/mol. The van der Waals surface area contributed by atoms with E-state index in [4.69, 9.17) is 0 Å². The average Bonchev–Trinajstić information content (AvgIpc) is 3.49. The van der Waals surface area contributed by atoms with Crippen molar-refractivity contribution in [2.75, 3.05) is 26.2 Å². The average molecular weight is 438 g/mol. The van der Waals surface area contributed by atoms with Gasteiger partial charge in [0.15, 0.2) is 0 Å². The zero-order valence-corrected chi connectivity index (χ0v) is 19.2. The summed E-state index contributed by atoms with van der Waals surface area (Å²) in [5, 5.41) is 3.05. The van der Waals surface area contributed by atoms with Gasteiger partial charge in [-0.25, -0.2) is 9.97 Å². The Morgan fingerprint density at radius 2 is 1.44 bits per heavy atom. The van der Waals surface area contributed by atoms with E-state index >= 15 is 0 Å². The van der Waals surface area contributed by atoms with Crippen molar-refractivity contribution in [2.45, 2.75) is 46.3 Å². The predicted octanol–water partition coefficient (Wildman–Crippen LogP) is 3.19. The summed E-state index contributed by atoms with van der Waals surface area (Å²) < 4.78 is 0. The minimum Gasteiger partial charge on any atom is -0.351 e. The Morgan fingerprint density at radius 3 is 1.94 bits per heavy atom. The first-order valence-corrected chi connectivity index (χ1v) is 11.5. The Labute approximate surface area is 190 Å². The molecule has 8 heteroatoms. The molecule has 0 saturated heterocycles. The van der Waals surface area contributed by atoms with Crippen molar-refractivity contribution in [1.82, 2.24) is 35.1 Å². The molecule has 0 aliphatic carbocycles. The van der Waals surface area contributed by atoms with Crippen LogP contribution in [-0.4, -0.2) is 61.8 Å². The van der Waals surface area contributed by atoms with Gasteiger partial charge < -0.3 is 20.2 Å². The highest BCUT2D eigenvalue weighted by atomic mass is 16.1. The van der Waals surface area contributed by atoms with Gasteiger partial charge in [0, 0.05) is 50.0 Å². The van der Waals surface area contributed by atoms with Crippen molar-refractivity contribution in [2.24, 2.45) is 0 Å². The van der Waals surface area contributed by atoms with Gasteiger partial charge in [-0.05, 0) is 43.6 Å². The van der Waals surface area contributed by atoms with Gasteiger partial charge >= 0.3 is 0 Å². The first kappa shape index (κ1) is 23.7. The third kappa shape index (κ3) is 7.62. The van der Waals surface area contributed by atoms with Gasteiger partial charge in [0.2, 0.25) is 0 Å². The SMILES string of the molecule is CCCN(CCC)CCNC(=O)c1ccc(CN(Cc2ncc[nH]2)Cc2ncc[nH]2)cc1. The summed E-state index contributed by atoms with van der Waals surface area (Å²) in [6, 6.07) is 7.84. The highest BCUT2D eigenvalue weighted by molar-refractivity contribution is 5.94. The number of carbonyl (C=O) groups is 1. The zero-order chi connectivity index (χ0) is 22.6. The van der Waals surface area contributed by atoms with Crippen LogP contribution in [0.4, 0.5) is 0 Å². The summed E-state index contributed by atoms with van der Waals surface area (Å²) in [4.78, 5) is 32.2. The largest absolute Gasteiger partial charge is 0.351 e. The maximum Gasteiger partial charge on any atom is 0.251 e. The fourth-order valence-electron chi connectivity index (χ4n) is 3.78. The van der Waals surface area contributed by atoms with Crippen LogP contribution in [0.15, 0.2) is 49.1 Å². The second-order valence-electron chi connectivity index (χ2n) is 8.01. The number of amides is 1. The summed E-state index contributed by atoms with van der Waals surface area (Å²) >= 11 is 0. The van der Waals surface area contributed by atoms with E-state index in [1.54, 1.807) is 12.4 Å². The van der Waals surface area contributed by atoms with Gasteiger partial charge in [0.25, 0.3) is 5.91 Å². The molecule has 3 rings (SSSR count). The van der Waals surface area contributed by atoms with E-state index in [1.165, 1.54) is 0 Å². The molecular weight excluding hydrogens is 402 g/mol. The van der Waals surface area contributed by atoms with Gasteiger partial charge in [-0.3, -0.25) is 9.69 Å². The van der Waals surface area contributed by atoms with E-state index in [1.807, 2.05) is 36.7 Å². The molecule has 172 valence electrons. The number of carbonyl (C=O) groups excluding carboxylic acids is 1. The Hall–Kier alpha value is -2.97. The summed E-state index contributed by atoms with van der Waals surface area (Å²) in [7, 11) is 0. The predicted molar refractivity (Wildman–Crippen MR) is 126 cm³/mol. The molecule has 0 radical (unpaired) electrons. The van der Waals surface area contributed by atoms with Crippen molar-refractivity contribution < 1.29 is 4.79 Å². The van der Waals surface area contributed by atoms with Crippen LogP contribution in [0, 0.1) is 0 Å². The lowest BCUT2D eigenvalue weighted by atomic mass is 10.1. The van der Waals surface area contributed by atoms with Crippen LogP contribution in [0.1, 0.15) is 54.3 Å². The second kappa shape index (κ2) is 12.8. The number of aromatic amines is 2. The van der Waals surface area contributed by atoms with Gasteiger partial charge in [0.05, 0.1) is 13.1 Å². The minimum atomic E-state index is -0.0208. The minimum absolute atomic E-state index is 0.0208. The van der Waals surface area contributed by atoms with Crippen LogP contribution in [0.5, 0.6) is 0 Å². The molecule has 0 saturated carbocycles. The summed E-state index contributed by atoms with van der Waals surface area (Å²) in [5.41, 5.74) is 1.83. The summed E-state index contributed by atoms with van der Waals surface area (Å²) in [6.07, 6.45) is 9.45. The normalized spacial score (nSPS) is 11.4.